The first kappa shape index (κ1) is 12.0. The van der Waals surface area contributed by atoms with Crippen LogP contribution in [-0.4, -0.2) is 50.3 Å². The SMILES string of the molecule is CCN(CC(C)OC)C1CCNCC1. The summed E-state index contributed by atoms with van der Waals surface area (Å²) in [6, 6.07) is 0.763. The third-order valence-electron chi connectivity index (χ3n) is 3.13. The van der Waals surface area contributed by atoms with Crippen molar-refractivity contribution in [3.63, 3.8) is 0 Å². The van der Waals surface area contributed by atoms with E-state index in [9.17, 15) is 0 Å². The highest BCUT2D eigenvalue weighted by molar-refractivity contribution is 4.78. The van der Waals surface area contributed by atoms with Crippen molar-refractivity contribution in [2.45, 2.75) is 38.8 Å². The van der Waals surface area contributed by atoms with Gasteiger partial charge in [-0.05, 0) is 39.4 Å². The second-order valence-electron chi connectivity index (χ2n) is 4.12. The summed E-state index contributed by atoms with van der Waals surface area (Å²) < 4.78 is 5.32. The Hall–Kier alpha value is -0.120. The predicted molar refractivity (Wildman–Crippen MR) is 59.6 cm³/mol. The second kappa shape index (κ2) is 6.38. The maximum absolute atomic E-state index is 5.32. The molecule has 1 N–H and O–H groups in total. The summed E-state index contributed by atoms with van der Waals surface area (Å²) in [5.41, 5.74) is 0. The van der Waals surface area contributed by atoms with E-state index in [1.807, 2.05) is 0 Å². The fourth-order valence-corrected chi connectivity index (χ4v) is 2.11. The summed E-state index contributed by atoms with van der Waals surface area (Å²) in [5, 5.41) is 3.40. The maximum Gasteiger partial charge on any atom is 0.0670 e. The van der Waals surface area contributed by atoms with Crippen LogP contribution in [0.4, 0.5) is 0 Å². The standard InChI is InChI=1S/C11H24N2O/c1-4-13(9-10(2)14-3)11-5-7-12-8-6-11/h10-12H,4-9H2,1-3H3. The molecule has 1 saturated heterocycles. The van der Waals surface area contributed by atoms with Gasteiger partial charge in [-0.3, -0.25) is 4.90 Å². The van der Waals surface area contributed by atoms with Crippen molar-refractivity contribution in [1.82, 2.24) is 10.2 Å². The third-order valence-corrected chi connectivity index (χ3v) is 3.13. The van der Waals surface area contributed by atoms with Crippen LogP contribution < -0.4 is 5.32 Å². The van der Waals surface area contributed by atoms with E-state index in [1.165, 1.54) is 25.9 Å². The van der Waals surface area contributed by atoms with Crippen molar-refractivity contribution < 1.29 is 4.74 Å². The van der Waals surface area contributed by atoms with Gasteiger partial charge in [-0.15, -0.1) is 0 Å². The lowest BCUT2D eigenvalue weighted by Gasteiger charge is -2.35. The monoisotopic (exact) mass is 200 g/mol. The minimum absolute atomic E-state index is 0.352. The molecule has 0 radical (unpaired) electrons. The summed E-state index contributed by atoms with van der Waals surface area (Å²) in [4.78, 5) is 2.55. The Morgan fingerprint density at radius 3 is 2.57 bits per heavy atom. The van der Waals surface area contributed by atoms with E-state index in [-0.39, 0.29) is 0 Å². The van der Waals surface area contributed by atoms with E-state index in [1.54, 1.807) is 7.11 Å². The summed E-state index contributed by atoms with van der Waals surface area (Å²) in [7, 11) is 1.79. The Kier molecular flexibility index (Phi) is 5.45. The Labute approximate surface area is 87.8 Å². The average Bonchev–Trinajstić information content (AvgIpc) is 2.26. The molecule has 1 rings (SSSR count). The van der Waals surface area contributed by atoms with E-state index >= 15 is 0 Å². The molecule has 0 bridgehead atoms. The van der Waals surface area contributed by atoms with Gasteiger partial charge >= 0.3 is 0 Å². The van der Waals surface area contributed by atoms with Crippen LogP contribution in [0.2, 0.25) is 0 Å². The van der Waals surface area contributed by atoms with E-state index in [0.29, 0.717) is 6.10 Å². The molecule has 0 aromatic heterocycles. The molecule has 14 heavy (non-hydrogen) atoms. The fraction of sp³-hybridized carbons (Fsp3) is 1.00. The minimum atomic E-state index is 0.352. The molecular formula is C11H24N2O. The maximum atomic E-state index is 5.32. The van der Waals surface area contributed by atoms with Crippen molar-refractivity contribution >= 4 is 0 Å². The van der Waals surface area contributed by atoms with E-state index in [2.05, 4.69) is 24.1 Å². The summed E-state index contributed by atoms with van der Waals surface area (Å²) in [6.45, 7) is 8.93. The van der Waals surface area contributed by atoms with E-state index in [4.69, 9.17) is 4.74 Å². The number of hydrogen-bond acceptors (Lipinski definition) is 3. The lowest BCUT2D eigenvalue weighted by molar-refractivity contribution is 0.0551. The number of nitrogens with zero attached hydrogens (tertiary/aromatic N) is 1. The summed E-state index contributed by atoms with van der Waals surface area (Å²) in [5.74, 6) is 0. The zero-order valence-electron chi connectivity index (χ0n) is 9.75. The van der Waals surface area contributed by atoms with Gasteiger partial charge in [0.05, 0.1) is 6.10 Å². The quantitative estimate of drug-likeness (QED) is 0.719. The lowest BCUT2D eigenvalue weighted by Crippen LogP contribution is -2.45. The van der Waals surface area contributed by atoms with Crippen molar-refractivity contribution in [1.29, 1.82) is 0 Å². The van der Waals surface area contributed by atoms with Gasteiger partial charge in [-0.2, -0.15) is 0 Å². The van der Waals surface area contributed by atoms with Crippen LogP contribution >= 0.6 is 0 Å². The summed E-state index contributed by atoms with van der Waals surface area (Å²) in [6.07, 6.45) is 2.92. The molecule has 0 spiro atoms. The number of ether oxygens (including phenoxy) is 1. The number of likely N-dealkylation sites (N-methyl/N-ethyl adjacent to an activating group) is 1. The molecule has 1 aliphatic heterocycles. The van der Waals surface area contributed by atoms with Gasteiger partial charge in [0.15, 0.2) is 0 Å². The largest absolute Gasteiger partial charge is 0.380 e. The third kappa shape index (κ3) is 3.56. The number of hydrogen-bond donors (Lipinski definition) is 1. The number of nitrogens with one attached hydrogen (secondary N) is 1. The molecule has 0 aliphatic carbocycles. The molecule has 0 aromatic rings. The highest BCUT2D eigenvalue weighted by Crippen LogP contribution is 2.12. The molecular weight excluding hydrogens is 176 g/mol. The Morgan fingerprint density at radius 1 is 1.43 bits per heavy atom. The van der Waals surface area contributed by atoms with Crippen LogP contribution in [0.15, 0.2) is 0 Å². The minimum Gasteiger partial charge on any atom is -0.380 e. The second-order valence-corrected chi connectivity index (χ2v) is 4.12. The molecule has 84 valence electrons. The summed E-state index contributed by atoms with van der Waals surface area (Å²) >= 11 is 0. The van der Waals surface area contributed by atoms with Gasteiger partial charge in [-0.25, -0.2) is 0 Å². The van der Waals surface area contributed by atoms with Crippen molar-refractivity contribution in [3.8, 4) is 0 Å². The van der Waals surface area contributed by atoms with Gasteiger partial charge < -0.3 is 10.1 Å². The average molecular weight is 200 g/mol. The molecule has 0 saturated carbocycles. The molecule has 1 atom stereocenters. The zero-order valence-corrected chi connectivity index (χ0v) is 9.75. The van der Waals surface area contributed by atoms with E-state index in [0.717, 1.165) is 19.1 Å². The Bertz CT molecular complexity index is 146. The van der Waals surface area contributed by atoms with Crippen LogP contribution in [0.5, 0.6) is 0 Å². The highest BCUT2D eigenvalue weighted by Gasteiger charge is 2.20. The van der Waals surface area contributed by atoms with Gasteiger partial charge in [-0.1, -0.05) is 6.92 Å². The molecule has 0 aromatic carbocycles. The van der Waals surface area contributed by atoms with Gasteiger partial charge in [0.1, 0.15) is 0 Å². The predicted octanol–water partition coefficient (Wildman–Crippen LogP) is 1.10. The lowest BCUT2D eigenvalue weighted by atomic mass is 10.0. The molecule has 1 heterocycles. The van der Waals surface area contributed by atoms with Crippen molar-refractivity contribution in [2.24, 2.45) is 0 Å². The van der Waals surface area contributed by atoms with Crippen LogP contribution in [0.25, 0.3) is 0 Å². The zero-order chi connectivity index (χ0) is 10.4. The number of methoxy groups -OCH3 is 1. The molecule has 3 nitrogen and oxygen atoms in total. The Balaban J connectivity index is 2.35. The van der Waals surface area contributed by atoms with Crippen LogP contribution in [0.1, 0.15) is 26.7 Å². The molecule has 1 fully saturated rings. The topological polar surface area (TPSA) is 24.5 Å². The molecule has 3 heteroatoms. The molecule has 0 amide bonds. The van der Waals surface area contributed by atoms with Gasteiger partial charge in [0, 0.05) is 19.7 Å². The van der Waals surface area contributed by atoms with Gasteiger partial charge in [0.25, 0.3) is 0 Å². The van der Waals surface area contributed by atoms with Crippen LogP contribution in [0.3, 0.4) is 0 Å². The molecule has 1 unspecified atom stereocenters. The van der Waals surface area contributed by atoms with Crippen LogP contribution in [-0.2, 0) is 4.74 Å². The first-order valence-corrected chi connectivity index (χ1v) is 5.75. The fourth-order valence-electron chi connectivity index (χ4n) is 2.11. The molecule has 1 aliphatic rings. The highest BCUT2D eigenvalue weighted by atomic mass is 16.5. The Morgan fingerprint density at radius 2 is 2.07 bits per heavy atom. The smallest absolute Gasteiger partial charge is 0.0670 e. The first-order chi connectivity index (χ1) is 6.77. The normalized spacial score (nSPS) is 21.4. The first-order valence-electron chi connectivity index (χ1n) is 5.75. The van der Waals surface area contributed by atoms with Gasteiger partial charge in [0.2, 0.25) is 0 Å². The van der Waals surface area contributed by atoms with Crippen molar-refractivity contribution in [2.75, 3.05) is 33.3 Å². The van der Waals surface area contributed by atoms with E-state index < -0.39 is 0 Å². The van der Waals surface area contributed by atoms with Crippen molar-refractivity contribution in [3.05, 3.63) is 0 Å². The number of piperidine rings is 1. The number of rotatable bonds is 5. The van der Waals surface area contributed by atoms with Crippen LogP contribution in [0, 0.1) is 0 Å².